The lowest BCUT2D eigenvalue weighted by atomic mass is 10.1. The van der Waals surface area contributed by atoms with E-state index in [9.17, 15) is 18.0 Å². The highest BCUT2D eigenvalue weighted by molar-refractivity contribution is 7.92. The average Bonchev–Trinajstić information content (AvgIpc) is 3.12. The summed E-state index contributed by atoms with van der Waals surface area (Å²) in [5, 5.41) is 0.949. The molecule has 164 valence electrons. The van der Waals surface area contributed by atoms with E-state index in [-0.39, 0.29) is 27.7 Å². The molecule has 0 fully saturated rings. The first-order valence-corrected chi connectivity index (χ1v) is 11.9. The molecule has 0 aliphatic rings. The highest BCUT2D eigenvalue weighted by atomic mass is 35.5. The van der Waals surface area contributed by atoms with Crippen molar-refractivity contribution >= 4 is 61.7 Å². The summed E-state index contributed by atoms with van der Waals surface area (Å²) in [7, 11) is -2.62. The van der Waals surface area contributed by atoms with Gasteiger partial charge in [0.05, 0.1) is 40.2 Å². The van der Waals surface area contributed by atoms with Gasteiger partial charge in [0.2, 0.25) is 10.0 Å². The molecule has 3 rings (SSSR count). The van der Waals surface area contributed by atoms with Crippen molar-refractivity contribution < 1.29 is 22.7 Å². The van der Waals surface area contributed by atoms with Crippen LogP contribution in [-0.2, 0) is 14.8 Å². The average molecular weight is 483 g/mol. The number of ether oxygens (including phenoxy) is 1. The first-order valence-electron chi connectivity index (χ1n) is 9.27. The van der Waals surface area contributed by atoms with Crippen LogP contribution in [0.3, 0.4) is 0 Å². The number of halogens is 2. The maximum atomic E-state index is 13.6. The van der Waals surface area contributed by atoms with Crippen LogP contribution in [0.4, 0.5) is 5.69 Å². The molecule has 3 aromatic rings. The molecule has 0 aliphatic heterocycles. The van der Waals surface area contributed by atoms with Crippen molar-refractivity contribution in [2.45, 2.75) is 19.4 Å². The lowest BCUT2D eigenvalue weighted by molar-refractivity contribution is 0.0603. The Balaban J connectivity index is 2.18. The lowest BCUT2D eigenvalue weighted by Crippen LogP contribution is -2.46. The second kappa shape index (κ2) is 8.90. The number of sulfonamides is 1. The lowest BCUT2D eigenvalue weighted by Gasteiger charge is -2.30. The minimum atomic E-state index is -3.87. The van der Waals surface area contributed by atoms with Crippen molar-refractivity contribution in [2.75, 3.05) is 17.7 Å². The van der Waals surface area contributed by atoms with Gasteiger partial charge in [0.25, 0.3) is 5.91 Å². The van der Waals surface area contributed by atoms with E-state index < -0.39 is 27.9 Å². The Labute approximate surface area is 190 Å². The van der Waals surface area contributed by atoms with E-state index in [1.165, 1.54) is 36.1 Å². The minimum absolute atomic E-state index is 0.162. The first-order chi connectivity index (χ1) is 14.6. The molecule has 0 unspecified atom stereocenters. The topological polar surface area (TPSA) is 85.7 Å². The van der Waals surface area contributed by atoms with Crippen LogP contribution in [0.15, 0.2) is 48.7 Å². The molecular formula is C21H20Cl2N2O5S. The normalized spacial score (nSPS) is 12.5. The third-order valence-electron chi connectivity index (χ3n) is 4.82. The number of hydrogen-bond acceptors (Lipinski definition) is 5. The summed E-state index contributed by atoms with van der Waals surface area (Å²) < 4.78 is 32.5. The van der Waals surface area contributed by atoms with Gasteiger partial charge in [0, 0.05) is 11.6 Å². The van der Waals surface area contributed by atoms with E-state index in [0.717, 1.165) is 10.6 Å². The summed E-state index contributed by atoms with van der Waals surface area (Å²) in [5.74, 6) is -1.12. The first kappa shape index (κ1) is 23.1. The van der Waals surface area contributed by atoms with Gasteiger partial charge < -0.3 is 4.74 Å². The number of anilines is 1. The van der Waals surface area contributed by atoms with E-state index >= 15 is 0 Å². The molecule has 0 amide bonds. The molecule has 7 nitrogen and oxygen atoms in total. The van der Waals surface area contributed by atoms with E-state index in [2.05, 4.69) is 0 Å². The molecule has 1 heterocycles. The van der Waals surface area contributed by atoms with Crippen LogP contribution >= 0.6 is 23.2 Å². The van der Waals surface area contributed by atoms with Gasteiger partial charge in [0.1, 0.15) is 6.04 Å². The predicted octanol–water partition coefficient (Wildman–Crippen LogP) is 4.62. The van der Waals surface area contributed by atoms with Gasteiger partial charge in [-0.2, -0.15) is 0 Å². The molecule has 31 heavy (non-hydrogen) atoms. The van der Waals surface area contributed by atoms with Gasteiger partial charge in [-0.25, -0.2) is 13.2 Å². The molecule has 0 aliphatic carbocycles. The van der Waals surface area contributed by atoms with Gasteiger partial charge in [-0.1, -0.05) is 48.3 Å². The standard InChI is InChI=1S/C21H20Cl2N2O5S/c1-4-18(25(31(3,28)29)13-9-10-16(22)17(23)11-13)20(26)24-12-15(21(27)30-2)14-7-5-6-8-19(14)24/h5-12,18H,4H2,1-3H3/t18-/m0/s1. The second-order valence-corrected chi connectivity index (χ2v) is 9.51. The highest BCUT2D eigenvalue weighted by Gasteiger charge is 2.34. The molecule has 1 aromatic heterocycles. The van der Waals surface area contributed by atoms with Gasteiger partial charge in [0.15, 0.2) is 0 Å². The SMILES string of the molecule is CC[C@@H](C(=O)n1cc(C(=O)OC)c2ccccc21)N(c1ccc(Cl)c(Cl)c1)S(C)(=O)=O. The van der Waals surface area contributed by atoms with Gasteiger partial charge in [-0.05, 0) is 30.7 Å². The van der Waals surface area contributed by atoms with Crippen molar-refractivity contribution in [3.63, 3.8) is 0 Å². The fourth-order valence-electron chi connectivity index (χ4n) is 3.46. The minimum Gasteiger partial charge on any atom is -0.465 e. The van der Waals surface area contributed by atoms with Crippen molar-refractivity contribution in [2.24, 2.45) is 0 Å². The molecule has 0 spiro atoms. The van der Waals surface area contributed by atoms with Crippen LogP contribution in [0.25, 0.3) is 10.9 Å². The Bertz CT molecular complexity index is 1270. The van der Waals surface area contributed by atoms with Crippen molar-refractivity contribution in [1.29, 1.82) is 0 Å². The fourth-order valence-corrected chi connectivity index (χ4v) is 4.95. The number of fused-ring (bicyclic) bond motifs is 1. The monoisotopic (exact) mass is 482 g/mol. The Morgan fingerprint density at radius 2 is 1.81 bits per heavy atom. The van der Waals surface area contributed by atoms with E-state index in [4.69, 9.17) is 27.9 Å². The summed E-state index contributed by atoms with van der Waals surface area (Å²) in [6.45, 7) is 1.70. The number of rotatable bonds is 6. The molecule has 10 heteroatoms. The van der Waals surface area contributed by atoms with Crippen LogP contribution in [0.1, 0.15) is 28.5 Å². The summed E-state index contributed by atoms with van der Waals surface area (Å²) in [6.07, 6.45) is 2.56. The zero-order valence-corrected chi connectivity index (χ0v) is 19.3. The van der Waals surface area contributed by atoms with Crippen LogP contribution in [0, 0.1) is 0 Å². The number of aromatic nitrogens is 1. The van der Waals surface area contributed by atoms with Gasteiger partial charge in [-0.15, -0.1) is 0 Å². The summed E-state index contributed by atoms with van der Waals surface area (Å²) >= 11 is 12.1. The third-order valence-corrected chi connectivity index (χ3v) is 6.74. The predicted molar refractivity (Wildman–Crippen MR) is 122 cm³/mol. The fraction of sp³-hybridized carbons (Fsp3) is 0.238. The summed E-state index contributed by atoms with van der Waals surface area (Å²) in [5.41, 5.74) is 0.887. The Morgan fingerprint density at radius 1 is 1.13 bits per heavy atom. The number of nitrogens with zero attached hydrogens (tertiary/aromatic N) is 2. The summed E-state index contributed by atoms with van der Waals surface area (Å²) in [6, 6.07) is 10.1. The number of benzene rings is 2. The zero-order valence-electron chi connectivity index (χ0n) is 17.0. The quantitative estimate of drug-likeness (QED) is 0.478. The number of methoxy groups -OCH3 is 1. The Morgan fingerprint density at radius 3 is 2.39 bits per heavy atom. The molecule has 0 bridgehead atoms. The molecule has 0 saturated carbocycles. The smallest absolute Gasteiger partial charge is 0.340 e. The van der Waals surface area contributed by atoms with E-state index in [0.29, 0.717) is 10.9 Å². The zero-order chi connectivity index (χ0) is 22.9. The number of para-hydroxylation sites is 1. The molecule has 0 saturated heterocycles. The number of carbonyl (C=O) groups excluding carboxylic acids is 2. The third kappa shape index (κ3) is 4.42. The summed E-state index contributed by atoms with van der Waals surface area (Å²) in [4.78, 5) is 25.8. The maximum absolute atomic E-state index is 13.6. The van der Waals surface area contributed by atoms with Crippen LogP contribution in [0.2, 0.25) is 10.0 Å². The second-order valence-electron chi connectivity index (χ2n) is 6.84. The number of carbonyl (C=O) groups is 2. The Kier molecular flexibility index (Phi) is 6.64. The molecule has 0 N–H and O–H groups in total. The maximum Gasteiger partial charge on any atom is 0.340 e. The molecular weight excluding hydrogens is 463 g/mol. The number of esters is 1. The van der Waals surface area contributed by atoms with Crippen molar-refractivity contribution in [1.82, 2.24) is 4.57 Å². The Hall–Kier alpha value is -2.55. The van der Waals surface area contributed by atoms with Crippen molar-refractivity contribution in [3.05, 3.63) is 64.3 Å². The van der Waals surface area contributed by atoms with E-state index in [1.807, 2.05) is 0 Å². The molecule has 2 aromatic carbocycles. The van der Waals surface area contributed by atoms with Crippen LogP contribution in [0.5, 0.6) is 0 Å². The van der Waals surface area contributed by atoms with E-state index in [1.54, 1.807) is 31.2 Å². The van der Waals surface area contributed by atoms with Crippen LogP contribution in [-0.4, -0.2) is 44.3 Å². The number of hydrogen-bond donors (Lipinski definition) is 0. The molecule has 1 atom stereocenters. The van der Waals surface area contributed by atoms with Crippen molar-refractivity contribution in [3.8, 4) is 0 Å². The van der Waals surface area contributed by atoms with Crippen LogP contribution < -0.4 is 4.31 Å². The van der Waals surface area contributed by atoms with Gasteiger partial charge in [-0.3, -0.25) is 13.7 Å². The highest BCUT2D eigenvalue weighted by Crippen LogP contribution is 2.31. The largest absolute Gasteiger partial charge is 0.465 e. The van der Waals surface area contributed by atoms with Gasteiger partial charge >= 0.3 is 5.97 Å². The molecule has 0 radical (unpaired) electrons.